The number of rotatable bonds is 2. The highest BCUT2D eigenvalue weighted by atomic mass is 16.3. The summed E-state index contributed by atoms with van der Waals surface area (Å²) in [6, 6.07) is 15.3. The van der Waals surface area contributed by atoms with Gasteiger partial charge in [0, 0.05) is 17.8 Å². The van der Waals surface area contributed by atoms with Gasteiger partial charge in [-0.2, -0.15) is 0 Å². The fraction of sp³-hybridized carbons (Fsp3) is 0.133. The summed E-state index contributed by atoms with van der Waals surface area (Å²) >= 11 is 0. The second-order valence-electron chi connectivity index (χ2n) is 4.64. The van der Waals surface area contributed by atoms with Crippen molar-refractivity contribution in [1.29, 1.82) is 0 Å². The number of hydrogen-bond donors (Lipinski definition) is 3. The smallest absolute Gasteiger partial charge is 0.262 e. The van der Waals surface area contributed by atoms with Gasteiger partial charge in [0.05, 0.1) is 0 Å². The van der Waals surface area contributed by atoms with Crippen LogP contribution in [-0.2, 0) is 10.4 Å². The highest BCUT2D eigenvalue weighted by Gasteiger charge is 2.44. The maximum Gasteiger partial charge on any atom is 0.262 e. The lowest BCUT2D eigenvalue weighted by atomic mass is 9.92. The average molecular weight is 254 g/mol. The second-order valence-corrected chi connectivity index (χ2v) is 4.64. The summed E-state index contributed by atoms with van der Waals surface area (Å²) in [5.41, 5.74) is 7.07. The lowest BCUT2D eigenvalue weighted by molar-refractivity contribution is -0.132. The summed E-state index contributed by atoms with van der Waals surface area (Å²) in [6.07, 6.45) is 0. The highest BCUT2D eigenvalue weighted by molar-refractivity contribution is 6.05. The van der Waals surface area contributed by atoms with Crippen LogP contribution in [-0.4, -0.2) is 17.6 Å². The zero-order chi connectivity index (χ0) is 13.5. The lowest BCUT2D eigenvalue weighted by Gasteiger charge is -2.18. The Morgan fingerprint density at radius 3 is 2.53 bits per heavy atom. The number of anilines is 1. The molecule has 0 spiro atoms. The highest BCUT2D eigenvalue weighted by Crippen LogP contribution is 2.37. The van der Waals surface area contributed by atoms with E-state index in [9.17, 15) is 9.90 Å². The number of hydrogen-bond acceptors (Lipinski definition) is 3. The fourth-order valence-corrected chi connectivity index (χ4v) is 2.36. The molecule has 4 N–H and O–H groups in total. The van der Waals surface area contributed by atoms with Gasteiger partial charge in [0.2, 0.25) is 0 Å². The van der Waals surface area contributed by atoms with Gasteiger partial charge in [0.1, 0.15) is 0 Å². The van der Waals surface area contributed by atoms with Gasteiger partial charge in [-0.25, -0.2) is 0 Å². The van der Waals surface area contributed by atoms with E-state index in [0.717, 1.165) is 11.1 Å². The van der Waals surface area contributed by atoms with E-state index in [4.69, 9.17) is 5.73 Å². The average Bonchev–Trinajstić information content (AvgIpc) is 2.72. The maximum atomic E-state index is 11.8. The molecule has 0 bridgehead atoms. The number of aliphatic hydroxyl groups is 1. The van der Waals surface area contributed by atoms with Crippen LogP contribution in [0, 0.1) is 0 Å². The third kappa shape index (κ3) is 1.73. The van der Waals surface area contributed by atoms with Crippen molar-refractivity contribution < 1.29 is 9.90 Å². The van der Waals surface area contributed by atoms with Crippen molar-refractivity contribution in [3.05, 3.63) is 54.1 Å². The molecule has 96 valence electrons. The van der Waals surface area contributed by atoms with Crippen LogP contribution in [0.2, 0.25) is 0 Å². The van der Waals surface area contributed by atoms with Crippen molar-refractivity contribution >= 4 is 11.6 Å². The Morgan fingerprint density at radius 2 is 1.84 bits per heavy atom. The summed E-state index contributed by atoms with van der Waals surface area (Å²) in [5, 5.41) is 13.0. The summed E-state index contributed by atoms with van der Waals surface area (Å²) in [4.78, 5) is 11.8. The molecule has 4 nitrogen and oxygen atoms in total. The third-order valence-electron chi connectivity index (χ3n) is 3.49. The van der Waals surface area contributed by atoms with Gasteiger partial charge in [0.25, 0.3) is 5.91 Å². The maximum absolute atomic E-state index is 11.8. The molecule has 1 heterocycles. The van der Waals surface area contributed by atoms with E-state index >= 15 is 0 Å². The number of carbonyl (C=O) groups excluding carboxylic acids is 1. The van der Waals surface area contributed by atoms with Crippen molar-refractivity contribution in [2.24, 2.45) is 5.73 Å². The number of amides is 1. The first-order valence-corrected chi connectivity index (χ1v) is 6.09. The van der Waals surface area contributed by atoms with Gasteiger partial charge in [-0.05, 0) is 23.3 Å². The predicted molar refractivity (Wildman–Crippen MR) is 73.5 cm³/mol. The van der Waals surface area contributed by atoms with Crippen LogP contribution in [0.4, 0.5) is 5.69 Å². The summed E-state index contributed by atoms with van der Waals surface area (Å²) < 4.78 is 0. The largest absolute Gasteiger partial charge is 0.374 e. The number of carbonyl (C=O) groups is 1. The van der Waals surface area contributed by atoms with Crippen molar-refractivity contribution in [2.75, 3.05) is 11.9 Å². The van der Waals surface area contributed by atoms with Gasteiger partial charge >= 0.3 is 0 Å². The van der Waals surface area contributed by atoms with E-state index in [-0.39, 0.29) is 6.54 Å². The SMILES string of the molecule is NC[C@@]1(O)C(=O)Nc2ccc(-c3ccccc3)cc21. The molecule has 3 rings (SSSR count). The predicted octanol–water partition coefficient (Wildman–Crippen LogP) is 1.45. The Labute approximate surface area is 110 Å². The molecular formula is C15H14N2O2. The standard InChI is InChI=1S/C15H14N2O2/c16-9-15(19)12-8-11(10-4-2-1-3-5-10)6-7-13(12)17-14(15)18/h1-8,19H,9,16H2,(H,17,18)/t15-/m0/s1. The lowest BCUT2D eigenvalue weighted by Crippen LogP contribution is -2.41. The molecule has 1 aliphatic rings. The molecule has 0 radical (unpaired) electrons. The summed E-state index contributed by atoms with van der Waals surface area (Å²) in [7, 11) is 0. The molecule has 0 aromatic heterocycles. The Hall–Kier alpha value is -2.17. The van der Waals surface area contributed by atoms with Gasteiger partial charge < -0.3 is 16.2 Å². The van der Waals surface area contributed by atoms with E-state index in [2.05, 4.69) is 5.32 Å². The Bertz CT molecular complexity index is 640. The normalized spacial score (nSPS) is 21.1. The molecule has 0 saturated carbocycles. The van der Waals surface area contributed by atoms with Gasteiger partial charge in [-0.3, -0.25) is 4.79 Å². The van der Waals surface area contributed by atoms with Gasteiger partial charge in [0.15, 0.2) is 5.60 Å². The second kappa shape index (κ2) is 4.19. The quantitative estimate of drug-likeness (QED) is 0.759. The van der Waals surface area contributed by atoms with E-state index < -0.39 is 11.5 Å². The summed E-state index contributed by atoms with van der Waals surface area (Å²) in [5.74, 6) is -0.463. The molecule has 2 aromatic carbocycles. The molecule has 0 fully saturated rings. The van der Waals surface area contributed by atoms with E-state index in [1.165, 1.54) is 0 Å². The van der Waals surface area contributed by atoms with Crippen LogP contribution >= 0.6 is 0 Å². The van der Waals surface area contributed by atoms with Crippen molar-refractivity contribution in [3.8, 4) is 11.1 Å². The van der Waals surface area contributed by atoms with Gasteiger partial charge in [-0.15, -0.1) is 0 Å². The van der Waals surface area contributed by atoms with Gasteiger partial charge in [-0.1, -0.05) is 36.4 Å². The molecule has 0 unspecified atom stereocenters. The van der Waals surface area contributed by atoms with Crippen LogP contribution < -0.4 is 11.1 Å². The van der Waals surface area contributed by atoms with Crippen molar-refractivity contribution in [3.63, 3.8) is 0 Å². The van der Waals surface area contributed by atoms with Crippen molar-refractivity contribution in [2.45, 2.75) is 5.60 Å². The molecule has 19 heavy (non-hydrogen) atoms. The number of fused-ring (bicyclic) bond motifs is 1. The number of benzene rings is 2. The Balaban J connectivity index is 2.13. The zero-order valence-electron chi connectivity index (χ0n) is 10.3. The van der Waals surface area contributed by atoms with Crippen LogP contribution in [0.5, 0.6) is 0 Å². The molecule has 0 aliphatic carbocycles. The first-order valence-electron chi connectivity index (χ1n) is 6.09. The minimum atomic E-state index is -1.62. The number of nitrogens with two attached hydrogens (primary N) is 1. The van der Waals surface area contributed by atoms with Crippen LogP contribution in [0.25, 0.3) is 11.1 Å². The van der Waals surface area contributed by atoms with Crippen molar-refractivity contribution in [1.82, 2.24) is 0 Å². The molecule has 1 amide bonds. The fourth-order valence-electron chi connectivity index (χ4n) is 2.36. The molecule has 0 saturated heterocycles. The molecule has 1 atom stereocenters. The Morgan fingerprint density at radius 1 is 1.11 bits per heavy atom. The first-order chi connectivity index (χ1) is 9.15. The minimum Gasteiger partial charge on any atom is -0.374 e. The van der Waals surface area contributed by atoms with Crippen LogP contribution in [0.15, 0.2) is 48.5 Å². The molecular weight excluding hydrogens is 240 g/mol. The van der Waals surface area contributed by atoms with E-state index in [1.807, 2.05) is 42.5 Å². The summed E-state index contributed by atoms with van der Waals surface area (Å²) in [6.45, 7) is -0.135. The van der Waals surface area contributed by atoms with Crippen LogP contribution in [0.1, 0.15) is 5.56 Å². The van der Waals surface area contributed by atoms with E-state index in [1.54, 1.807) is 6.07 Å². The monoisotopic (exact) mass is 254 g/mol. The topological polar surface area (TPSA) is 75.3 Å². The third-order valence-corrected chi connectivity index (χ3v) is 3.49. The molecule has 1 aliphatic heterocycles. The minimum absolute atomic E-state index is 0.135. The van der Waals surface area contributed by atoms with Crippen LogP contribution in [0.3, 0.4) is 0 Å². The molecule has 4 heteroatoms. The molecule has 2 aromatic rings. The Kier molecular flexibility index (Phi) is 2.62. The first kappa shape index (κ1) is 11.9. The van der Waals surface area contributed by atoms with E-state index in [0.29, 0.717) is 11.3 Å². The number of nitrogens with one attached hydrogen (secondary N) is 1. The zero-order valence-corrected chi connectivity index (χ0v) is 10.3.